The van der Waals surface area contributed by atoms with E-state index in [1.54, 1.807) is 0 Å². The number of methoxy groups -OCH3 is 4. The smallest absolute Gasteiger partial charge is 0.351 e. The number of rotatable bonds is 9. The molecule has 0 N–H and O–H groups in total. The molecule has 0 amide bonds. The molecule has 174 valence electrons. The van der Waals surface area contributed by atoms with Crippen molar-refractivity contribution < 1.29 is 28.5 Å². The fourth-order valence-corrected chi connectivity index (χ4v) is 3.72. The molecule has 8 nitrogen and oxygen atoms in total. The van der Waals surface area contributed by atoms with E-state index in [0.29, 0.717) is 11.1 Å². The quantitative estimate of drug-likeness (QED) is 0.455. The molecular weight excluding hydrogens is 424 g/mol. The van der Waals surface area contributed by atoms with Crippen LogP contribution in [0.4, 0.5) is 0 Å². The minimum Gasteiger partial charge on any atom is -0.481 e. The molecule has 0 aliphatic carbocycles. The lowest BCUT2D eigenvalue weighted by molar-refractivity contribution is -0.164. The molecule has 1 heterocycles. The van der Waals surface area contributed by atoms with Crippen LogP contribution in [-0.4, -0.2) is 50.5 Å². The first-order chi connectivity index (χ1) is 15.9. The summed E-state index contributed by atoms with van der Waals surface area (Å²) in [5.74, 6) is -0.227. The predicted molar refractivity (Wildman–Crippen MR) is 122 cm³/mol. The van der Waals surface area contributed by atoms with Gasteiger partial charge in [0, 0.05) is 7.11 Å². The molecule has 2 aromatic carbocycles. The standard InChI is InChI=1S/C25H28N2O6/c1-16-9-7-11-18(13-16)25(32-6,19-12-8-10-17(2)14-19)22(23(28)31-5)33-24-26-20(29-3)15-21(27-24)30-4/h7-15,22H,1-6H3. The maximum atomic E-state index is 13.2. The van der Waals surface area contributed by atoms with E-state index in [4.69, 9.17) is 23.7 Å². The van der Waals surface area contributed by atoms with Gasteiger partial charge in [-0.05, 0) is 25.0 Å². The molecule has 8 heteroatoms. The van der Waals surface area contributed by atoms with E-state index in [-0.39, 0.29) is 17.8 Å². The Balaban J connectivity index is 2.27. The van der Waals surface area contributed by atoms with Gasteiger partial charge in [0.05, 0.1) is 27.4 Å². The second kappa shape index (κ2) is 10.3. The van der Waals surface area contributed by atoms with Gasteiger partial charge in [0.25, 0.3) is 0 Å². The van der Waals surface area contributed by atoms with Gasteiger partial charge in [-0.25, -0.2) is 4.79 Å². The number of ether oxygens (including phenoxy) is 5. The van der Waals surface area contributed by atoms with Crippen molar-refractivity contribution in [2.45, 2.75) is 25.6 Å². The molecule has 0 saturated heterocycles. The Labute approximate surface area is 193 Å². The molecule has 1 unspecified atom stereocenters. The molecular formula is C25H28N2O6. The minimum atomic E-state index is -1.37. The highest BCUT2D eigenvalue weighted by Gasteiger charge is 2.50. The number of hydrogen-bond donors (Lipinski definition) is 0. The van der Waals surface area contributed by atoms with Crippen molar-refractivity contribution in [1.29, 1.82) is 0 Å². The SMILES string of the molecule is COC(=O)C(Oc1nc(OC)cc(OC)n1)C(OC)(c1cccc(C)c1)c1cccc(C)c1. The Morgan fingerprint density at radius 3 is 1.73 bits per heavy atom. The first-order valence-corrected chi connectivity index (χ1v) is 10.3. The summed E-state index contributed by atoms with van der Waals surface area (Å²) >= 11 is 0. The van der Waals surface area contributed by atoms with Gasteiger partial charge >= 0.3 is 12.0 Å². The molecule has 1 aromatic heterocycles. The summed E-state index contributed by atoms with van der Waals surface area (Å²) in [4.78, 5) is 21.7. The highest BCUT2D eigenvalue weighted by molar-refractivity contribution is 5.78. The Kier molecular flexibility index (Phi) is 7.50. The highest BCUT2D eigenvalue weighted by atomic mass is 16.6. The third-order valence-corrected chi connectivity index (χ3v) is 5.30. The minimum absolute atomic E-state index is 0.122. The van der Waals surface area contributed by atoms with E-state index in [2.05, 4.69) is 9.97 Å². The first-order valence-electron chi connectivity index (χ1n) is 10.3. The van der Waals surface area contributed by atoms with Crippen LogP contribution >= 0.6 is 0 Å². The van der Waals surface area contributed by atoms with Crippen LogP contribution in [0.15, 0.2) is 54.6 Å². The maximum Gasteiger partial charge on any atom is 0.351 e. The lowest BCUT2D eigenvalue weighted by Gasteiger charge is -2.38. The number of esters is 1. The van der Waals surface area contributed by atoms with Gasteiger partial charge in [0.2, 0.25) is 17.9 Å². The van der Waals surface area contributed by atoms with Gasteiger partial charge in [0.15, 0.2) is 5.60 Å². The van der Waals surface area contributed by atoms with Crippen LogP contribution in [0.25, 0.3) is 0 Å². The van der Waals surface area contributed by atoms with Gasteiger partial charge in [-0.2, -0.15) is 9.97 Å². The zero-order chi connectivity index (χ0) is 24.0. The monoisotopic (exact) mass is 452 g/mol. The third-order valence-electron chi connectivity index (χ3n) is 5.30. The summed E-state index contributed by atoms with van der Waals surface area (Å²) in [6.07, 6.45) is -1.30. The maximum absolute atomic E-state index is 13.2. The van der Waals surface area contributed by atoms with E-state index in [9.17, 15) is 4.79 Å². The largest absolute Gasteiger partial charge is 0.481 e. The van der Waals surface area contributed by atoms with Crippen molar-refractivity contribution in [3.8, 4) is 17.8 Å². The van der Waals surface area contributed by atoms with Crippen LogP contribution in [0.5, 0.6) is 17.8 Å². The summed E-state index contributed by atoms with van der Waals surface area (Å²) in [6, 6.07) is 16.7. The van der Waals surface area contributed by atoms with Gasteiger partial charge in [-0.1, -0.05) is 59.7 Å². The van der Waals surface area contributed by atoms with Crippen LogP contribution in [-0.2, 0) is 19.9 Å². The molecule has 0 saturated carbocycles. The normalized spacial score (nSPS) is 12.1. The Bertz CT molecular complexity index is 1050. The van der Waals surface area contributed by atoms with Gasteiger partial charge < -0.3 is 23.7 Å². The molecule has 3 aromatic rings. The summed E-state index contributed by atoms with van der Waals surface area (Å²) in [5.41, 5.74) is 2.03. The second-order valence-corrected chi connectivity index (χ2v) is 7.44. The highest BCUT2D eigenvalue weighted by Crippen LogP contribution is 2.40. The average Bonchev–Trinajstić information content (AvgIpc) is 2.83. The van der Waals surface area contributed by atoms with Crippen LogP contribution in [0.3, 0.4) is 0 Å². The van der Waals surface area contributed by atoms with Crippen LogP contribution < -0.4 is 14.2 Å². The van der Waals surface area contributed by atoms with Crippen LogP contribution in [0, 0.1) is 13.8 Å². The fourth-order valence-electron chi connectivity index (χ4n) is 3.72. The topological polar surface area (TPSA) is 89.0 Å². The van der Waals surface area contributed by atoms with Crippen molar-refractivity contribution in [2.75, 3.05) is 28.4 Å². The van der Waals surface area contributed by atoms with E-state index in [1.807, 2.05) is 62.4 Å². The van der Waals surface area contributed by atoms with Crippen molar-refractivity contribution in [3.05, 3.63) is 76.9 Å². The summed E-state index contributed by atoms with van der Waals surface area (Å²) in [5, 5.41) is 0. The van der Waals surface area contributed by atoms with E-state index < -0.39 is 17.7 Å². The van der Waals surface area contributed by atoms with E-state index >= 15 is 0 Å². The number of carbonyl (C=O) groups excluding carboxylic acids is 1. The Morgan fingerprint density at radius 1 is 0.818 bits per heavy atom. The third kappa shape index (κ3) is 4.90. The zero-order valence-corrected chi connectivity index (χ0v) is 19.6. The lowest BCUT2D eigenvalue weighted by Crippen LogP contribution is -2.51. The summed E-state index contributed by atoms with van der Waals surface area (Å²) < 4.78 is 27.8. The van der Waals surface area contributed by atoms with Gasteiger partial charge in [-0.3, -0.25) is 0 Å². The zero-order valence-electron chi connectivity index (χ0n) is 19.6. The molecule has 0 fully saturated rings. The molecule has 1 atom stereocenters. The predicted octanol–water partition coefficient (Wildman–Crippen LogP) is 3.62. The molecule has 0 aliphatic heterocycles. The van der Waals surface area contributed by atoms with Crippen molar-refractivity contribution in [2.24, 2.45) is 0 Å². The summed E-state index contributed by atoms with van der Waals surface area (Å²) in [7, 11) is 5.74. The average molecular weight is 453 g/mol. The number of benzene rings is 2. The summed E-state index contributed by atoms with van der Waals surface area (Å²) in [6.45, 7) is 3.93. The Hall–Kier alpha value is -3.65. The number of hydrogen-bond acceptors (Lipinski definition) is 8. The van der Waals surface area contributed by atoms with Crippen molar-refractivity contribution in [1.82, 2.24) is 9.97 Å². The van der Waals surface area contributed by atoms with Crippen molar-refractivity contribution >= 4 is 5.97 Å². The van der Waals surface area contributed by atoms with E-state index in [1.165, 1.54) is 34.5 Å². The molecule has 0 spiro atoms. The van der Waals surface area contributed by atoms with Gasteiger partial charge in [-0.15, -0.1) is 0 Å². The molecule has 3 rings (SSSR count). The number of aryl methyl sites for hydroxylation is 2. The van der Waals surface area contributed by atoms with Crippen molar-refractivity contribution in [3.63, 3.8) is 0 Å². The second-order valence-electron chi connectivity index (χ2n) is 7.44. The molecule has 0 radical (unpaired) electrons. The lowest BCUT2D eigenvalue weighted by atomic mass is 9.80. The first kappa shape index (κ1) is 24.0. The molecule has 33 heavy (non-hydrogen) atoms. The fraction of sp³-hybridized carbons (Fsp3) is 0.320. The van der Waals surface area contributed by atoms with Crippen LogP contribution in [0.2, 0.25) is 0 Å². The number of nitrogens with zero attached hydrogens (tertiary/aromatic N) is 2. The van der Waals surface area contributed by atoms with Gasteiger partial charge in [0.1, 0.15) is 0 Å². The van der Waals surface area contributed by atoms with Crippen LogP contribution in [0.1, 0.15) is 22.3 Å². The molecule has 0 aliphatic rings. The Morgan fingerprint density at radius 2 is 1.33 bits per heavy atom. The molecule has 0 bridgehead atoms. The van der Waals surface area contributed by atoms with E-state index in [0.717, 1.165) is 11.1 Å². The number of aromatic nitrogens is 2. The number of carbonyl (C=O) groups is 1.